The zero-order valence-electron chi connectivity index (χ0n) is 16.4. The quantitative estimate of drug-likeness (QED) is 0.401. The molecule has 1 aliphatic rings. The van der Waals surface area contributed by atoms with Crippen molar-refractivity contribution in [3.63, 3.8) is 0 Å². The van der Waals surface area contributed by atoms with Gasteiger partial charge in [-0.15, -0.1) is 22.7 Å². The molecular formula is C24H21N3OS2. The van der Waals surface area contributed by atoms with Gasteiger partial charge in [-0.1, -0.05) is 60.7 Å². The van der Waals surface area contributed by atoms with Crippen LogP contribution in [-0.4, -0.2) is 33.9 Å². The lowest BCUT2D eigenvalue weighted by molar-refractivity contribution is 0.0712. The maximum absolute atomic E-state index is 13.6. The van der Waals surface area contributed by atoms with Crippen molar-refractivity contribution in [2.24, 2.45) is 0 Å². The van der Waals surface area contributed by atoms with Crippen molar-refractivity contribution in [1.29, 1.82) is 0 Å². The highest BCUT2D eigenvalue weighted by Gasteiger charge is 2.30. The van der Waals surface area contributed by atoms with E-state index in [0.717, 1.165) is 57.6 Å². The van der Waals surface area contributed by atoms with Gasteiger partial charge in [0.2, 0.25) is 0 Å². The van der Waals surface area contributed by atoms with Gasteiger partial charge < -0.3 is 4.90 Å². The summed E-state index contributed by atoms with van der Waals surface area (Å²) in [4.78, 5) is 25.7. The molecule has 0 bridgehead atoms. The molecule has 4 aromatic rings. The van der Waals surface area contributed by atoms with E-state index in [1.807, 2.05) is 77.1 Å². The third kappa shape index (κ3) is 3.80. The highest BCUT2D eigenvalue weighted by atomic mass is 32.1. The van der Waals surface area contributed by atoms with Crippen LogP contribution in [0.3, 0.4) is 0 Å². The first-order valence-electron chi connectivity index (χ1n) is 10.1. The summed E-state index contributed by atoms with van der Waals surface area (Å²) in [5, 5.41) is 4.02. The molecule has 0 N–H and O–H groups in total. The number of carbonyl (C=O) groups excluding carboxylic acids is 1. The second-order valence-corrected chi connectivity index (χ2v) is 9.31. The predicted molar refractivity (Wildman–Crippen MR) is 123 cm³/mol. The summed E-state index contributed by atoms with van der Waals surface area (Å²) in [7, 11) is 0. The molecule has 1 unspecified atom stereocenters. The Hall–Kier alpha value is -2.83. The molecule has 0 radical (unpaired) electrons. The third-order valence-electron chi connectivity index (χ3n) is 5.40. The molecule has 2 aromatic carbocycles. The first-order valence-corrected chi connectivity index (χ1v) is 11.8. The molecule has 0 aliphatic carbocycles. The second-order valence-electron chi connectivity index (χ2n) is 7.39. The van der Waals surface area contributed by atoms with Crippen LogP contribution in [-0.2, 0) is 0 Å². The first kappa shape index (κ1) is 19.2. The van der Waals surface area contributed by atoms with Crippen molar-refractivity contribution in [2.45, 2.75) is 18.8 Å². The number of benzene rings is 2. The lowest BCUT2D eigenvalue weighted by Crippen LogP contribution is -2.39. The summed E-state index contributed by atoms with van der Waals surface area (Å²) < 4.78 is 0. The number of aromatic nitrogens is 2. The minimum absolute atomic E-state index is 0.0785. The monoisotopic (exact) mass is 431 g/mol. The van der Waals surface area contributed by atoms with Gasteiger partial charge in [-0.05, 0) is 12.8 Å². The molecule has 4 nitrogen and oxygen atoms in total. The van der Waals surface area contributed by atoms with Crippen LogP contribution in [0.4, 0.5) is 0 Å². The highest BCUT2D eigenvalue weighted by Crippen LogP contribution is 2.36. The van der Waals surface area contributed by atoms with Gasteiger partial charge in [0.05, 0.1) is 10.7 Å². The van der Waals surface area contributed by atoms with Crippen LogP contribution in [0.5, 0.6) is 0 Å². The van der Waals surface area contributed by atoms with Crippen LogP contribution in [0.1, 0.15) is 33.4 Å². The van der Waals surface area contributed by atoms with Gasteiger partial charge in [-0.25, -0.2) is 9.97 Å². The van der Waals surface area contributed by atoms with Gasteiger partial charge in [0.25, 0.3) is 5.91 Å². The van der Waals surface area contributed by atoms with Crippen molar-refractivity contribution >= 4 is 28.6 Å². The minimum Gasteiger partial charge on any atom is -0.337 e. The Morgan fingerprint density at radius 1 is 1.00 bits per heavy atom. The van der Waals surface area contributed by atoms with Crippen molar-refractivity contribution in [3.05, 3.63) is 82.1 Å². The number of rotatable bonds is 4. The Morgan fingerprint density at radius 3 is 2.43 bits per heavy atom. The number of hydrogen-bond donors (Lipinski definition) is 0. The number of piperidine rings is 1. The van der Waals surface area contributed by atoms with E-state index in [1.54, 1.807) is 11.3 Å². The van der Waals surface area contributed by atoms with Crippen molar-refractivity contribution < 1.29 is 4.79 Å². The molecule has 2 aromatic heterocycles. The third-order valence-corrected chi connectivity index (χ3v) is 7.43. The summed E-state index contributed by atoms with van der Waals surface area (Å²) in [5.41, 5.74) is 2.80. The van der Waals surface area contributed by atoms with Crippen LogP contribution < -0.4 is 0 Å². The lowest BCUT2D eigenvalue weighted by Gasteiger charge is -2.31. The Bertz CT molecular complexity index is 1120. The van der Waals surface area contributed by atoms with Gasteiger partial charge in [0, 0.05) is 41.7 Å². The van der Waals surface area contributed by atoms with E-state index in [2.05, 4.69) is 4.98 Å². The molecule has 30 heavy (non-hydrogen) atoms. The summed E-state index contributed by atoms with van der Waals surface area (Å²) in [6.45, 7) is 1.51. The highest BCUT2D eigenvalue weighted by molar-refractivity contribution is 7.17. The number of thiazole rings is 2. The normalized spacial score (nSPS) is 16.5. The number of hydrogen-bond acceptors (Lipinski definition) is 5. The zero-order chi connectivity index (χ0) is 20.3. The second kappa shape index (κ2) is 8.50. The van der Waals surface area contributed by atoms with Crippen LogP contribution >= 0.6 is 22.7 Å². The molecule has 0 saturated carbocycles. The molecule has 1 atom stereocenters. The predicted octanol–water partition coefficient (Wildman–Crippen LogP) is 5.95. The fraction of sp³-hybridized carbons (Fsp3) is 0.208. The smallest absolute Gasteiger partial charge is 0.266 e. The molecule has 5 rings (SSSR count). The average molecular weight is 432 g/mol. The van der Waals surface area contributed by atoms with E-state index in [9.17, 15) is 4.79 Å². The van der Waals surface area contributed by atoms with Crippen molar-refractivity contribution in [3.8, 4) is 21.8 Å². The van der Waals surface area contributed by atoms with Gasteiger partial charge >= 0.3 is 0 Å². The topological polar surface area (TPSA) is 46.1 Å². The Morgan fingerprint density at radius 2 is 1.73 bits per heavy atom. The molecule has 1 amide bonds. The molecular weight excluding hydrogens is 410 g/mol. The van der Waals surface area contributed by atoms with E-state index >= 15 is 0 Å². The summed E-state index contributed by atoms with van der Waals surface area (Å²) >= 11 is 3.17. The van der Waals surface area contributed by atoms with Crippen LogP contribution in [0.25, 0.3) is 21.8 Å². The molecule has 3 heterocycles. The summed E-state index contributed by atoms with van der Waals surface area (Å²) in [6.07, 6.45) is 3.94. The standard InChI is InChI=1S/C24H21N3OS2/c28-24(27-14-7-12-19(16-27)22-25-13-15-29-22)21-20(17-8-3-1-4-9-17)26-23(30-21)18-10-5-2-6-11-18/h1-6,8-11,13,15,19H,7,12,14,16H2. The largest absolute Gasteiger partial charge is 0.337 e. The van der Waals surface area contributed by atoms with Crippen LogP contribution in [0.2, 0.25) is 0 Å². The Kier molecular flexibility index (Phi) is 5.43. The molecule has 0 spiro atoms. The number of carbonyl (C=O) groups is 1. The molecule has 1 aliphatic heterocycles. The van der Waals surface area contributed by atoms with Crippen molar-refractivity contribution in [2.75, 3.05) is 13.1 Å². The SMILES string of the molecule is O=C(c1sc(-c2ccccc2)nc1-c1ccccc1)N1CCCC(c2nccs2)C1. The minimum atomic E-state index is 0.0785. The van der Waals surface area contributed by atoms with E-state index in [-0.39, 0.29) is 5.91 Å². The number of amides is 1. The van der Waals surface area contributed by atoms with E-state index in [0.29, 0.717) is 5.92 Å². The molecule has 150 valence electrons. The Labute approximate surface area is 183 Å². The molecule has 6 heteroatoms. The fourth-order valence-corrected chi connectivity index (χ4v) is 5.73. The maximum atomic E-state index is 13.6. The van der Waals surface area contributed by atoms with E-state index < -0.39 is 0 Å². The number of likely N-dealkylation sites (tertiary alicyclic amines) is 1. The van der Waals surface area contributed by atoms with Crippen LogP contribution in [0, 0.1) is 0 Å². The lowest BCUT2D eigenvalue weighted by atomic mass is 9.98. The summed E-state index contributed by atoms with van der Waals surface area (Å²) in [6, 6.07) is 20.1. The zero-order valence-corrected chi connectivity index (χ0v) is 18.0. The van der Waals surface area contributed by atoms with E-state index in [1.165, 1.54) is 11.3 Å². The number of nitrogens with zero attached hydrogens (tertiary/aromatic N) is 3. The van der Waals surface area contributed by atoms with Gasteiger partial charge in [-0.3, -0.25) is 4.79 Å². The van der Waals surface area contributed by atoms with Gasteiger partial charge in [-0.2, -0.15) is 0 Å². The van der Waals surface area contributed by atoms with Gasteiger partial charge in [0.15, 0.2) is 0 Å². The van der Waals surface area contributed by atoms with Gasteiger partial charge in [0.1, 0.15) is 9.88 Å². The maximum Gasteiger partial charge on any atom is 0.266 e. The fourth-order valence-electron chi connectivity index (χ4n) is 3.90. The molecule has 1 fully saturated rings. The average Bonchev–Trinajstić information content (AvgIpc) is 3.51. The van der Waals surface area contributed by atoms with Crippen molar-refractivity contribution in [1.82, 2.24) is 14.9 Å². The van der Waals surface area contributed by atoms with E-state index in [4.69, 9.17) is 4.98 Å². The molecule has 1 saturated heterocycles. The first-order chi connectivity index (χ1) is 14.8. The Balaban J connectivity index is 1.51. The van der Waals surface area contributed by atoms with Crippen LogP contribution in [0.15, 0.2) is 72.2 Å². The summed E-state index contributed by atoms with van der Waals surface area (Å²) in [5.74, 6) is 0.402.